The van der Waals surface area contributed by atoms with Crippen LogP contribution in [0.5, 0.6) is 0 Å². The number of carbonyl (C=O) groups excluding carboxylic acids is 1. The lowest BCUT2D eigenvalue weighted by Gasteiger charge is -2.40. The molecule has 27 heavy (non-hydrogen) atoms. The molecular weight excluding hydrogens is 411 g/mol. The first-order chi connectivity index (χ1) is 12.2. The van der Waals surface area contributed by atoms with Crippen LogP contribution < -0.4 is 5.32 Å². The quantitative estimate of drug-likeness (QED) is 0.519. The topological polar surface area (TPSA) is 32.3 Å². The van der Waals surface area contributed by atoms with E-state index in [4.69, 9.17) is 11.6 Å². The van der Waals surface area contributed by atoms with Crippen molar-refractivity contribution in [3.63, 3.8) is 0 Å². The third kappa shape index (κ3) is 4.30. The summed E-state index contributed by atoms with van der Waals surface area (Å²) in [6, 6.07) is 6.82. The standard InChI is InChI=1S/C17H16ClF5N2OS/c1-25(16-8-5-11-9-12(18)6-7-15(11)16)17(26)24-13-3-2-4-14(10-13)27(19,20,21,22)23/h2-4,6-7,9-10,16H,5,8H2,1H3,(H,24,26)/t16-/m0/s1. The van der Waals surface area contributed by atoms with Gasteiger partial charge in [0, 0.05) is 17.8 Å². The second-order valence-corrected chi connectivity index (χ2v) is 9.28. The van der Waals surface area contributed by atoms with Crippen molar-refractivity contribution in [1.82, 2.24) is 4.90 Å². The minimum Gasteiger partial charge on any atom is -0.321 e. The van der Waals surface area contributed by atoms with Crippen molar-refractivity contribution in [2.75, 3.05) is 12.4 Å². The fraction of sp³-hybridized carbons (Fsp3) is 0.235. The summed E-state index contributed by atoms with van der Waals surface area (Å²) in [4.78, 5) is 11.7. The fourth-order valence-electron chi connectivity index (χ4n) is 3.13. The van der Waals surface area contributed by atoms with Gasteiger partial charge in [-0.15, -0.1) is 0 Å². The summed E-state index contributed by atoms with van der Waals surface area (Å²) in [6.07, 6.45) is 1.34. The lowest BCUT2D eigenvalue weighted by molar-refractivity contribution is 0.204. The first-order valence-electron chi connectivity index (χ1n) is 7.91. The van der Waals surface area contributed by atoms with Crippen LogP contribution in [0.2, 0.25) is 5.02 Å². The minimum atomic E-state index is -9.81. The number of aryl methyl sites for hydroxylation is 1. The number of nitrogens with one attached hydrogen (secondary N) is 1. The van der Waals surface area contributed by atoms with Gasteiger partial charge in [0.25, 0.3) is 0 Å². The molecule has 0 saturated heterocycles. The Morgan fingerprint density at radius 3 is 2.52 bits per heavy atom. The van der Waals surface area contributed by atoms with Crippen LogP contribution >= 0.6 is 21.8 Å². The number of anilines is 1. The molecule has 3 nitrogen and oxygen atoms in total. The maximum absolute atomic E-state index is 12.9. The number of hydrogen-bond acceptors (Lipinski definition) is 1. The molecule has 2 aromatic carbocycles. The summed E-state index contributed by atoms with van der Waals surface area (Å²) < 4.78 is 64.7. The highest BCUT2D eigenvalue weighted by molar-refractivity contribution is 8.45. The molecule has 0 bridgehead atoms. The van der Waals surface area contributed by atoms with Gasteiger partial charge in [0.15, 0.2) is 0 Å². The van der Waals surface area contributed by atoms with E-state index in [0.717, 1.165) is 23.3 Å². The zero-order valence-electron chi connectivity index (χ0n) is 14.1. The first kappa shape index (κ1) is 19.8. The molecule has 3 rings (SSSR count). The summed E-state index contributed by atoms with van der Waals surface area (Å²) in [7, 11) is -8.31. The van der Waals surface area contributed by atoms with Gasteiger partial charge in [-0.05, 0) is 54.3 Å². The van der Waals surface area contributed by atoms with E-state index in [1.807, 2.05) is 0 Å². The van der Waals surface area contributed by atoms with Crippen LogP contribution in [-0.4, -0.2) is 18.0 Å². The Morgan fingerprint density at radius 2 is 1.85 bits per heavy atom. The van der Waals surface area contributed by atoms with E-state index in [9.17, 15) is 24.2 Å². The molecule has 1 atom stereocenters. The number of carbonyl (C=O) groups is 1. The van der Waals surface area contributed by atoms with Gasteiger partial charge in [0.1, 0.15) is 4.90 Å². The monoisotopic (exact) mass is 426 g/mol. The van der Waals surface area contributed by atoms with Gasteiger partial charge in [-0.3, -0.25) is 0 Å². The maximum atomic E-state index is 12.9. The summed E-state index contributed by atoms with van der Waals surface area (Å²) in [5.41, 5.74) is 1.54. The Labute approximate surface area is 157 Å². The lowest BCUT2D eigenvalue weighted by Crippen LogP contribution is -2.34. The predicted octanol–water partition coefficient (Wildman–Crippen LogP) is 7.15. The Bertz CT molecular complexity index is 920. The van der Waals surface area contributed by atoms with Crippen LogP contribution in [0.1, 0.15) is 23.6 Å². The number of halogens is 6. The Morgan fingerprint density at radius 1 is 1.15 bits per heavy atom. The summed E-state index contributed by atoms with van der Waals surface area (Å²) >= 11 is 5.95. The molecule has 0 unspecified atom stereocenters. The van der Waals surface area contributed by atoms with Crippen LogP contribution in [0.4, 0.5) is 29.9 Å². The number of amides is 2. The summed E-state index contributed by atoms with van der Waals surface area (Å²) in [5.74, 6) is 0. The zero-order valence-corrected chi connectivity index (χ0v) is 15.6. The molecule has 2 amide bonds. The SMILES string of the molecule is CN(C(=O)Nc1cccc(S(F)(F)(F)(F)F)c1)[C@H]1CCc2cc(Cl)ccc21. The van der Waals surface area contributed by atoms with Gasteiger partial charge in [-0.1, -0.05) is 43.2 Å². The van der Waals surface area contributed by atoms with Crippen LogP contribution in [0.25, 0.3) is 0 Å². The molecule has 0 spiro atoms. The first-order valence-corrected chi connectivity index (χ1v) is 10.2. The highest BCUT2D eigenvalue weighted by Gasteiger charge is 2.65. The second kappa shape index (κ2) is 5.75. The molecular formula is C17H16ClF5N2OS. The van der Waals surface area contributed by atoms with Gasteiger partial charge in [0.05, 0.1) is 6.04 Å². The second-order valence-electron chi connectivity index (χ2n) is 6.44. The highest BCUT2D eigenvalue weighted by Crippen LogP contribution is 3.02. The van der Waals surface area contributed by atoms with Crippen molar-refractivity contribution in [2.45, 2.75) is 23.8 Å². The largest absolute Gasteiger partial charge is 0.322 e. The van der Waals surface area contributed by atoms with Crippen molar-refractivity contribution >= 4 is 33.5 Å². The fourth-order valence-corrected chi connectivity index (χ4v) is 4.01. The van der Waals surface area contributed by atoms with E-state index in [-0.39, 0.29) is 23.9 Å². The third-order valence-electron chi connectivity index (χ3n) is 4.47. The Balaban J connectivity index is 1.79. The number of urea groups is 1. The van der Waals surface area contributed by atoms with Crippen LogP contribution in [0, 0.1) is 0 Å². The van der Waals surface area contributed by atoms with Crippen LogP contribution in [0.3, 0.4) is 0 Å². The van der Waals surface area contributed by atoms with Crippen molar-refractivity contribution in [3.05, 3.63) is 58.6 Å². The van der Waals surface area contributed by atoms with Gasteiger partial charge >= 0.3 is 16.3 Å². The third-order valence-corrected chi connectivity index (χ3v) is 5.85. The molecule has 2 aromatic rings. The molecule has 0 radical (unpaired) electrons. The van der Waals surface area contributed by atoms with E-state index < -0.39 is 21.2 Å². The van der Waals surface area contributed by atoms with E-state index >= 15 is 0 Å². The molecule has 0 aromatic heterocycles. The number of benzene rings is 2. The van der Waals surface area contributed by atoms with Gasteiger partial charge in [-0.2, -0.15) is 0 Å². The molecule has 10 heteroatoms. The molecule has 0 aliphatic heterocycles. The maximum Gasteiger partial charge on any atom is 0.322 e. The van der Waals surface area contributed by atoms with Gasteiger partial charge < -0.3 is 10.2 Å². The van der Waals surface area contributed by atoms with Crippen molar-refractivity contribution in [2.24, 2.45) is 0 Å². The lowest BCUT2D eigenvalue weighted by atomic mass is 10.1. The molecule has 1 aliphatic rings. The van der Waals surface area contributed by atoms with E-state index in [1.54, 1.807) is 18.2 Å². The van der Waals surface area contributed by atoms with E-state index in [1.165, 1.54) is 11.9 Å². The molecule has 0 fully saturated rings. The number of rotatable bonds is 3. The number of hydrogen-bond donors (Lipinski definition) is 1. The van der Waals surface area contributed by atoms with E-state index in [0.29, 0.717) is 17.9 Å². The molecule has 1 N–H and O–H groups in total. The molecule has 148 valence electrons. The minimum absolute atomic E-state index is 0.246. The average Bonchev–Trinajstić information content (AvgIpc) is 2.95. The summed E-state index contributed by atoms with van der Waals surface area (Å²) in [5, 5.41) is 2.83. The average molecular weight is 427 g/mol. The van der Waals surface area contributed by atoms with Crippen molar-refractivity contribution in [3.8, 4) is 0 Å². The highest BCUT2D eigenvalue weighted by atomic mass is 35.5. The number of fused-ring (bicyclic) bond motifs is 1. The molecule has 0 heterocycles. The zero-order chi connectivity index (χ0) is 20.1. The smallest absolute Gasteiger partial charge is 0.321 e. The van der Waals surface area contributed by atoms with Crippen LogP contribution in [-0.2, 0) is 6.42 Å². The van der Waals surface area contributed by atoms with Gasteiger partial charge in [-0.25, -0.2) is 4.79 Å². The predicted molar refractivity (Wildman–Crippen MR) is 97.1 cm³/mol. The van der Waals surface area contributed by atoms with Gasteiger partial charge in [0.2, 0.25) is 0 Å². The van der Waals surface area contributed by atoms with Crippen LogP contribution in [0.15, 0.2) is 47.4 Å². The Hall–Kier alpha value is -2.00. The molecule has 1 aliphatic carbocycles. The number of nitrogens with zero attached hydrogens (tertiary/aromatic N) is 1. The Kier molecular flexibility index (Phi) is 4.20. The van der Waals surface area contributed by atoms with Crippen molar-refractivity contribution in [1.29, 1.82) is 0 Å². The van der Waals surface area contributed by atoms with Crippen molar-refractivity contribution < 1.29 is 24.2 Å². The van der Waals surface area contributed by atoms with E-state index in [2.05, 4.69) is 5.32 Å². The normalized spacial score (nSPS) is 19.0. The summed E-state index contributed by atoms with van der Waals surface area (Å²) in [6.45, 7) is 0. The molecule has 0 saturated carbocycles.